The fourth-order valence-corrected chi connectivity index (χ4v) is 5.35. The minimum Gasteiger partial charge on any atom is -0.377 e. The Kier molecular flexibility index (Phi) is 6.51. The Morgan fingerprint density at radius 1 is 1.21 bits per heavy atom. The van der Waals surface area contributed by atoms with E-state index < -0.39 is 28.3 Å². The van der Waals surface area contributed by atoms with Crippen molar-refractivity contribution in [3.63, 3.8) is 0 Å². The van der Waals surface area contributed by atoms with Crippen molar-refractivity contribution in [2.45, 2.75) is 19.2 Å². The molecular formula is C21H22ClF2N5O4S. The van der Waals surface area contributed by atoms with Gasteiger partial charge in [-0.05, 0) is 36.8 Å². The summed E-state index contributed by atoms with van der Waals surface area (Å²) in [6.07, 6.45) is -0.944. The first-order valence-corrected chi connectivity index (χ1v) is 12.0. The minimum absolute atomic E-state index is 0.0992. The van der Waals surface area contributed by atoms with Gasteiger partial charge >= 0.3 is 10.2 Å². The second kappa shape index (κ2) is 9.10. The van der Waals surface area contributed by atoms with Crippen molar-refractivity contribution in [1.29, 1.82) is 0 Å². The van der Waals surface area contributed by atoms with Crippen molar-refractivity contribution >= 4 is 49.8 Å². The fraction of sp³-hybridized carbons (Fsp3) is 0.333. The lowest BCUT2D eigenvalue weighted by atomic mass is 10.1. The zero-order chi connectivity index (χ0) is 24.8. The number of methoxy groups -OCH3 is 1. The van der Waals surface area contributed by atoms with Crippen LogP contribution in [0.15, 0.2) is 35.4 Å². The predicted molar refractivity (Wildman–Crippen MR) is 126 cm³/mol. The first kappa shape index (κ1) is 24.3. The first-order chi connectivity index (χ1) is 16.0. The van der Waals surface area contributed by atoms with Gasteiger partial charge in [0.2, 0.25) is 0 Å². The molecule has 0 saturated carbocycles. The number of hydrogen-bond acceptors (Lipinski definition) is 6. The molecule has 9 nitrogen and oxygen atoms in total. The van der Waals surface area contributed by atoms with E-state index >= 15 is 0 Å². The monoisotopic (exact) mass is 513 g/mol. The van der Waals surface area contributed by atoms with Gasteiger partial charge in [-0.1, -0.05) is 11.6 Å². The molecule has 1 saturated heterocycles. The number of aromatic nitrogens is 2. The van der Waals surface area contributed by atoms with E-state index in [4.69, 9.17) is 16.3 Å². The number of alkyl halides is 1. The molecule has 2 N–H and O–H groups in total. The van der Waals surface area contributed by atoms with E-state index in [9.17, 15) is 22.0 Å². The van der Waals surface area contributed by atoms with Gasteiger partial charge in [-0.3, -0.25) is 9.52 Å². The molecule has 0 bridgehead atoms. The number of hydrogen-bond donors (Lipinski definition) is 2. The molecule has 13 heteroatoms. The standard InChI is InChI=1S/C21H22ClF2N5O4S/c1-11-14(6-7-15-18(11)21(30)28(2)10-25-15)26-20-12(23)4-5-16(19(20)22)27-34(31,32)29-8-13(24)17(9-29)33-3/h4-7,10,13,17,26-27H,8-9H2,1-3H3/t13-,17-/m1/s1. The van der Waals surface area contributed by atoms with Crippen molar-refractivity contribution in [3.8, 4) is 0 Å². The van der Waals surface area contributed by atoms with Gasteiger partial charge in [-0.15, -0.1) is 0 Å². The van der Waals surface area contributed by atoms with Crippen molar-refractivity contribution in [2.24, 2.45) is 7.05 Å². The Morgan fingerprint density at radius 3 is 2.59 bits per heavy atom. The molecule has 1 aliphatic rings. The smallest absolute Gasteiger partial charge is 0.301 e. The molecule has 0 spiro atoms. The first-order valence-electron chi connectivity index (χ1n) is 10.2. The summed E-state index contributed by atoms with van der Waals surface area (Å²) in [7, 11) is -1.31. The topological polar surface area (TPSA) is 106 Å². The quantitative estimate of drug-likeness (QED) is 0.525. The number of aryl methyl sites for hydroxylation is 2. The fourth-order valence-electron chi connectivity index (χ4n) is 3.79. The lowest BCUT2D eigenvalue weighted by molar-refractivity contribution is 0.0637. The lowest BCUT2D eigenvalue weighted by Gasteiger charge is -2.20. The SMILES string of the molecule is CO[C@@H]1CN(S(=O)(=O)Nc2ccc(F)c(Nc3ccc4ncn(C)c(=O)c4c3C)c2Cl)C[C@H]1F. The summed E-state index contributed by atoms with van der Waals surface area (Å²) in [6.45, 7) is 1.13. The molecule has 1 aliphatic heterocycles. The zero-order valence-corrected chi connectivity index (χ0v) is 20.0. The average Bonchev–Trinajstić information content (AvgIpc) is 3.18. The average molecular weight is 514 g/mol. The van der Waals surface area contributed by atoms with Crippen LogP contribution in [0.5, 0.6) is 0 Å². The van der Waals surface area contributed by atoms with Gasteiger partial charge in [0.15, 0.2) is 0 Å². The summed E-state index contributed by atoms with van der Waals surface area (Å²) >= 11 is 6.36. The Labute approximate surface area is 199 Å². The Hall–Kier alpha value is -2.80. The molecule has 1 fully saturated rings. The van der Waals surface area contributed by atoms with Crippen molar-refractivity contribution in [3.05, 3.63) is 57.3 Å². The van der Waals surface area contributed by atoms with Crippen LogP contribution in [0.25, 0.3) is 10.9 Å². The molecule has 1 aromatic heterocycles. The highest BCUT2D eigenvalue weighted by molar-refractivity contribution is 7.90. The van der Waals surface area contributed by atoms with Gasteiger partial charge in [0.25, 0.3) is 5.56 Å². The molecule has 34 heavy (non-hydrogen) atoms. The highest BCUT2D eigenvalue weighted by Crippen LogP contribution is 2.37. The number of anilines is 3. The van der Waals surface area contributed by atoms with Gasteiger partial charge in [0, 0.05) is 32.9 Å². The highest BCUT2D eigenvalue weighted by atomic mass is 35.5. The van der Waals surface area contributed by atoms with E-state index in [0.29, 0.717) is 22.2 Å². The molecular weight excluding hydrogens is 492 g/mol. The van der Waals surface area contributed by atoms with E-state index in [1.54, 1.807) is 26.1 Å². The Bertz CT molecular complexity index is 1430. The van der Waals surface area contributed by atoms with Crippen LogP contribution in [0, 0.1) is 12.7 Å². The van der Waals surface area contributed by atoms with Crippen LogP contribution in [-0.4, -0.2) is 54.7 Å². The molecule has 4 rings (SSSR count). The van der Waals surface area contributed by atoms with Crippen molar-refractivity contribution in [2.75, 3.05) is 30.2 Å². The van der Waals surface area contributed by atoms with Crippen LogP contribution in [0.2, 0.25) is 5.02 Å². The molecule has 0 amide bonds. The lowest BCUT2D eigenvalue weighted by Crippen LogP contribution is -2.35. The van der Waals surface area contributed by atoms with E-state index in [1.807, 2.05) is 0 Å². The largest absolute Gasteiger partial charge is 0.377 e. The number of benzene rings is 2. The summed E-state index contributed by atoms with van der Waals surface area (Å²) in [5.74, 6) is -0.740. The molecule has 2 heterocycles. The highest BCUT2D eigenvalue weighted by Gasteiger charge is 2.39. The number of fused-ring (bicyclic) bond motifs is 1. The predicted octanol–water partition coefficient (Wildman–Crippen LogP) is 3.10. The molecule has 0 aliphatic carbocycles. The maximum Gasteiger partial charge on any atom is 0.301 e. The van der Waals surface area contributed by atoms with Crippen LogP contribution in [-0.2, 0) is 22.0 Å². The van der Waals surface area contributed by atoms with E-state index in [2.05, 4.69) is 15.0 Å². The number of ether oxygens (including phenoxy) is 1. The van der Waals surface area contributed by atoms with Crippen LogP contribution < -0.4 is 15.6 Å². The third-order valence-electron chi connectivity index (χ3n) is 5.74. The number of nitrogens with one attached hydrogen (secondary N) is 2. The molecule has 0 radical (unpaired) electrons. The summed E-state index contributed by atoms with van der Waals surface area (Å²) < 4.78 is 63.7. The van der Waals surface area contributed by atoms with E-state index in [0.717, 1.165) is 10.4 Å². The van der Waals surface area contributed by atoms with Crippen LogP contribution >= 0.6 is 11.6 Å². The normalized spacial score (nSPS) is 19.0. The molecule has 2 aromatic carbocycles. The molecule has 182 valence electrons. The summed E-state index contributed by atoms with van der Waals surface area (Å²) in [6, 6.07) is 5.44. The maximum atomic E-state index is 14.7. The van der Waals surface area contributed by atoms with E-state index in [-0.39, 0.29) is 35.0 Å². The Morgan fingerprint density at radius 2 is 1.91 bits per heavy atom. The summed E-state index contributed by atoms with van der Waals surface area (Å²) in [4.78, 5) is 16.8. The van der Waals surface area contributed by atoms with Gasteiger partial charge in [-0.2, -0.15) is 12.7 Å². The van der Waals surface area contributed by atoms with Gasteiger partial charge in [0.05, 0.1) is 33.6 Å². The summed E-state index contributed by atoms with van der Waals surface area (Å²) in [5, 5.41) is 2.97. The molecule has 3 aromatic rings. The minimum atomic E-state index is -4.18. The van der Waals surface area contributed by atoms with Crippen molar-refractivity contribution < 1.29 is 21.9 Å². The van der Waals surface area contributed by atoms with E-state index in [1.165, 1.54) is 24.1 Å². The zero-order valence-electron chi connectivity index (χ0n) is 18.5. The Balaban J connectivity index is 1.67. The summed E-state index contributed by atoms with van der Waals surface area (Å²) in [5.41, 5.74) is 0.823. The molecule has 0 unspecified atom stereocenters. The van der Waals surface area contributed by atoms with Crippen LogP contribution in [0.1, 0.15) is 5.56 Å². The van der Waals surface area contributed by atoms with Crippen LogP contribution in [0.3, 0.4) is 0 Å². The number of halogens is 3. The third kappa shape index (κ3) is 4.33. The van der Waals surface area contributed by atoms with Gasteiger partial charge in [0.1, 0.15) is 18.1 Å². The van der Waals surface area contributed by atoms with Crippen molar-refractivity contribution in [1.82, 2.24) is 13.9 Å². The molecule has 2 atom stereocenters. The van der Waals surface area contributed by atoms with Gasteiger partial charge < -0.3 is 14.6 Å². The third-order valence-corrected chi connectivity index (χ3v) is 7.59. The second-order valence-corrected chi connectivity index (χ2v) is 9.96. The van der Waals surface area contributed by atoms with Crippen LogP contribution in [0.4, 0.5) is 25.8 Å². The van der Waals surface area contributed by atoms with Gasteiger partial charge in [-0.25, -0.2) is 13.8 Å². The number of rotatable bonds is 6. The maximum absolute atomic E-state index is 14.7. The second-order valence-electron chi connectivity index (χ2n) is 7.92. The number of nitrogens with zero attached hydrogens (tertiary/aromatic N) is 3.